The van der Waals surface area contributed by atoms with E-state index in [0.717, 1.165) is 5.69 Å². The molecular weight excluding hydrogens is 258 g/mol. The normalized spacial score (nSPS) is 12.7. The van der Waals surface area contributed by atoms with E-state index in [9.17, 15) is 0 Å². The van der Waals surface area contributed by atoms with Gasteiger partial charge in [0.2, 0.25) is 0 Å². The Morgan fingerprint density at radius 3 is 2.21 bits per heavy atom. The quantitative estimate of drug-likeness (QED) is 0.933. The molecule has 1 heterocycles. The second-order valence-electron chi connectivity index (χ2n) is 5.04. The summed E-state index contributed by atoms with van der Waals surface area (Å²) in [5.41, 5.74) is 6.10. The summed E-state index contributed by atoms with van der Waals surface area (Å²) in [7, 11) is 3.87. The fraction of sp³-hybridized carbons (Fsp3) is 0.400. The molecule has 19 heavy (non-hydrogen) atoms. The van der Waals surface area contributed by atoms with Gasteiger partial charge in [0.05, 0.1) is 23.0 Å². The number of nitrogens with one attached hydrogen (secondary N) is 1. The monoisotopic (exact) mass is 277 g/mol. The molecule has 3 nitrogen and oxygen atoms in total. The Bertz CT molecular complexity index is 559. The zero-order valence-electron chi connectivity index (χ0n) is 12.1. The maximum atomic E-state index is 6.28. The van der Waals surface area contributed by atoms with Crippen molar-refractivity contribution < 1.29 is 0 Å². The molecule has 102 valence electrons. The van der Waals surface area contributed by atoms with Crippen LogP contribution < -0.4 is 5.32 Å². The summed E-state index contributed by atoms with van der Waals surface area (Å²) in [5.74, 6) is 0. The molecule has 0 amide bonds. The zero-order valence-corrected chi connectivity index (χ0v) is 12.8. The third-order valence-corrected chi connectivity index (χ3v) is 3.82. The molecule has 1 aromatic heterocycles. The van der Waals surface area contributed by atoms with Crippen molar-refractivity contribution in [3.8, 4) is 0 Å². The van der Waals surface area contributed by atoms with Gasteiger partial charge in [0.1, 0.15) is 0 Å². The number of benzene rings is 1. The third-order valence-electron chi connectivity index (χ3n) is 3.53. The van der Waals surface area contributed by atoms with Gasteiger partial charge in [-0.15, -0.1) is 0 Å². The lowest BCUT2D eigenvalue weighted by atomic mass is 9.92. The fourth-order valence-corrected chi connectivity index (χ4v) is 3.08. The lowest BCUT2D eigenvalue weighted by Crippen LogP contribution is -2.23. The summed E-state index contributed by atoms with van der Waals surface area (Å²) in [6.07, 6.45) is 1.69. The van der Waals surface area contributed by atoms with E-state index >= 15 is 0 Å². The predicted octanol–water partition coefficient (Wildman–Crippen LogP) is 3.31. The molecule has 2 aromatic rings. The van der Waals surface area contributed by atoms with Crippen LogP contribution in [-0.2, 0) is 7.05 Å². The average molecular weight is 278 g/mol. The number of rotatable bonds is 3. The van der Waals surface area contributed by atoms with Gasteiger partial charge in [0.15, 0.2) is 0 Å². The minimum Gasteiger partial charge on any atom is -0.308 e. The molecule has 0 bridgehead atoms. The first-order valence-corrected chi connectivity index (χ1v) is 6.76. The van der Waals surface area contributed by atoms with E-state index in [1.54, 1.807) is 6.20 Å². The van der Waals surface area contributed by atoms with Crippen LogP contribution in [0.4, 0.5) is 0 Å². The molecule has 0 radical (unpaired) electrons. The highest BCUT2D eigenvalue weighted by atomic mass is 35.5. The Labute approximate surface area is 119 Å². The number of nitrogens with zero attached hydrogens (tertiary/aromatic N) is 2. The van der Waals surface area contributed by atoms with Crippen molar-refractivity contribution in [2.75, 3.05) is 7.05 Å². The Hall–Kier alpha value is -1.32. The molecule has 0 aliphatic heterocycles. The molecule has 0 aliphatic rings. The van der Waals surface area contributed by atoms with Crippen molar-refractivity contribution >= 4 is 11.6 Å². The number of aryl methyl sites for hydroxylation is 4. The third kappa shape index (κ3) is 2.53. The van der Waals surface area contributed by atoms with Crippen molar-refractivity contribution in [3.63, 3.8) is 0 Å². The highest BCUT2D eigenvalue weighted by molar-refractivity contribution is 6.31. The number of aromatic nitrogens is 2. The minimum absolute atomic E-state index is 0.0561. The first-order valence-electron chi connectivity index (χ1n) is 6.38. The zero-order chi connectivity index (χ0) is 14.2. The van der Waals surface area contributed by atoms with Gasteiger partial charge in [-0.1, -0.05) is 29.3 Å². The Balaban J connectivity index is 2.61. The van der Waals surface area contributed by atoms with Gasteiger partial charge in [-0.25, -0.2) is 0 Å². The van der Waals surface area contributed by atoms with Crippen LogP contribution in [0.2, 0.25) is 5.02 Å². The van der Waals surface area contributed by atoms with Crippen molar-refractivity contribution in [3.05, 3.63) is 51.3 Å². The lowest BCUT2D eigenvalue weighted by molar-refractivity contribution is 0.601. The van der Waals surface area contributed by atoms with Gasteiger partial charge in [-0.05, 0) is 44.5 Å². The first-order chi connectivity index (χ1) is 8.95. The van der Waals surface area contributed by atoms with Crippen molar-refractivity contribution in [2.45, 2.75) is 26.8 Å². The van der Waals surface area contributed by atoms with E-state index in [1.807, 2.05) is 18.8 Å². The maximum Gasteiger partial charge on any atom is 0.0837 e. The van der Waals surface area contributed by atoms with Crippen LogP contribution in [0.15, 0.2) is 18.3 Å². The number of hydrogen-bond acceptors (Lipinski definition) is 2. The highest BCUT2D eigenvalue weighted by Gasteiger charge is 2.22. The molecule has 2 rings (SSSR count). The minimum atomic E-state index is 0.0561. The maximum absolute atomic E-state index is 6.28. The van der Waals surface area contributed by atoms with Gasteiger partial charge in [0.25, 0.3) is 0 Å². The molecular formula is C15H20ClN3. The van der Waals surface area contributed by atoms with Crippen LogP contribution in [-0.4, -0.2) is 16.8 Å². The Kier molecular flexibility index (Phi) is 3.97. The molecule has 0 fully saturated rings. The van der Waals surface area contributed by atoms with E-state index in [2.05, 4.69) is 43.3 Å². The Morgan fingerprint density at radius 2 is 1.79 bits per heavy atom. The Morgan fingerprint density at radius 1 is 1.21 bits per heavy atom. The van der Waals surface area contributed by atoms with Crippen LogP contribution in [0.25, 0.3) is 0 Å². The first kappa shape index (κ1) is 14.1. The van der Waals surface area contributed by atoms with Crippen molar-refractivity contribution in [1.29, 1.82) is 0 Å². The molecule has 0 saturated carbocycles. The van der Waals surface area contributed by atoms with Crippen LogP contribution >= 0.6 is 11.6 Å². The smallest absolute Gasteiger partial charge is 0.0837 e. The second kappa shape index (κ2) is 5.35. The van der Waals surface area contributed by atoms with Gasteiger partial charge >= 0.3 is 0 Å². The predicted molar refractivity (Wildman–Crippen MR) is 79.8 cm³/mol. The van der Waals surface area contributed by atoms with Crippen molar-refractivity contribution in [1.82, 2.24) is 15.1 Å². The topological polar surface area (TPSA) is 29.9 Å². The van der Waals surface area contributed by atoms with Crippen molar-refractivity contribution in [2.24, 2.45) is 7.05 Å². The summed E-state index contributed by atoms with van der Waals surface area (Å²) in [6.45, 7) is 6.41. The molecule has 1 atom stereocenters. The van der Waals surface area contributed by atoms with Gasteiger partial charge in [-0.3, -0.25) is 4.68 Å². The van der Waals surface area contributed by atoms with E-state index < -0.39 is 0 Å². The summed E-state index contributed by atoms with van der Waals surface area (Å²) in [5, 5.41) is 8.29. The standard InChI is InChI=1S/C15H20ClN3/c1-9-6-10(2)13(11(3)7-9)14(17-4)15-12(16)8-18-19(15)5/h6-8,14,17H,1-5H3. The van der Waals surface area contributed by atoms with Crippen LogP contribution in [0, 0.1) is 20.8 Å². The van der Waals surface area contributed by atoms with Gasteiger partial charge < -0.3 is 5.32 Å². The van der Waals surface area contributed by atoms with E-state index in [1.165, 1.54) is 22.3 Å². The fourth-order valence-electron chi connectivity index (χ4n) is 2.81. The summed E-state index contributed by atoms with van der Waals surface area (Å²) >= 11 is 6.28. The largest absolute Gasteiger partial charge is 0.308 e. The molecule has 1 aromatic carbocycles. The van der Waals surface area contributed by atoms with E-state index in [0.29, 0.717) is 5.02 Å². The summed E-state index contributed by atoms with van der Waals surface area (Å²) in [4.78, 5) is 0. The lowest BCUT2D eigenvalue weighted by Gasteiger charge is -2.22. The average Bonchev–Trinajstić information content (AvgIpc) is 2.64. The molecule has 0 spiro atoms. The van der Waals surface area contributed by atoms with Crippen LogP contribution in [0.3, 0.4) is 0 Å². The van der Waals surface area contributed by atoms with E-state index in [4.69, 9.17) is 11.6 Å². The van der Waals surface area contributed by atoms with Crippen LogP contribution in [0.1, 0.15) is 34.0 Å². The number of hydrogen-bond donors (Lipinski definition) is 1. The summed E-state index contributed by atoms with van der Waals surface area (Å²) < 4.78 is 1.84. The second-order valence-corrected chi connectivity index (χ2v) is 5.44. The summed E-state index contributed by atoms with van der Waals surface area (Å²) in [6, 6.07) is 4.47. The molecule has 0 aliphatic carbocycles. The molecule has 1 N–H and O–H groups in total. The molecule has 4 heteroatoms. The number of halogens is 1. The SMILES string of the molecule is CNC(c1c(C)cc(C)cc1C)c1c(Cl)cnn1C. The van der Waals surface area contributed by atoms with Gasteiger partial charge in [0, 0.05) is 7.05 Å². The highest BCUT2D eigenvalue weighted by Crippen LogP contribution is 2.32. The molecule has 1 unspecified atom stereocenters. The van der Waals surface area contributed by atoms with E-state index in [-0.39, 0.29) is 6.04 Å². The van der Waals surface area contributed by atoms with Crippen LogP contribution in [0.5, 0.6) is 0 Å². The van der Waals surface area contributed by atoms with Gasteiger partial charge in [-0.2, -0.15) is 5.10 Å². The molecule has 0 saturated heterocycles.